The molecule has 0 rings (SSSR count). The van der Waals surface area contributed by atoms with Gasteiger partial charge < -0.3 is 10.6 Å². The summed E-state index contributed by atoms with van der Waals surface area (Å²) in [6, 6.07) is 0.414. The minimum absolute atomic E-state index is 0.414. The Morgan fingerprint density at radius 3 is 1.31 bits per heavy atom. The number of hydrogen-bond donors (Lipinski definition) is 1. The van der Waals surface area contributed by atoms with Gasteiger partial charge in [0.05, 0.1) is 0 Å². The summed E-state index contributed by atoms with van der Waals surface area (Å²) >= 11 is 0. The lowest BCUT2D eigenvalue weighted by molar-refractivity contribution is 0.286. The van der Waals surface area contributed by atoms with Crippen molar-refractivity contribution in [2.24, 2.45) is 5.73 Å². The van der Waals surface area contributed by atoms with Crippen LogP contribution >= 0.6 is 0 Å². The highest BCUT2D eigenvalue weighted by Gasteiger charge is 2.05. The molecule has 0 heterocycles. The van der Waals surface area contributed by atoms with Crippen molar-refractivity contribution in [1.29, 1.82) is 0 Å². The van der Waals surface area contributed by atoms with Gasteiger partial charge in [-0.25, -0.2) is 0 Å². The minimum Gasteiger partial charge on any atom is -0.328 e. The van der Waals surface area contributed by atoms with Gasteiger partial charge in [0.2, 0.25) is 0 Å². The zero-order valence-electron chi connectivity index (χ0n) is 18.7. The van der Waals surface area contributed by atoms with E-state index in [0.717, 1.165) is 13.1 Å². The largest absolute Gasteiger partial charge is 0.328 e. The molecule has 0 amide bonds. The molecule has 0 spiro atoms. The summed E-state index contributed by atoms with van der Waals surface area (Å²) in [7, 11) is 0. The highest BCUT2D eigenvalue weighted by molar-refractivity contribution is 4.65. The molecule has 2 N–H and O–H groups in total. The lowest BCUT2D eigenvalue weighted by Gasteiger charge is -2.20. The van der Waals surface area contributed by atoms with Gasteiger partial charge in [0.25, 0.3) is 0 Å². The van der Waals surface area contributed by atoms with E-state index < -0.39 is 0 Å². The molecule has 0 aromatic heterocycles. The number of rotatable bonds is 21. The zero-order chi connectivity index (χ0) is 19.3. The number of unbranched alkanes of at least 4 members (excludes halogenated alkanes) is 14. The normalized spacial score (nSPS) is 12.8. The molecule has 0 aliphatic rings. The predicted molar refractivity (Wildman–Crippen MR) is 120 cm³/mol. The summed E-state index contributed by atoms with van der Waals surface area (Å²) in [4.78, 5) is 2.48. The van der Waals surface area contributed by atoms with E-state index in [2.05, 4.69) is 25.7 Å². The van der Waals surface area contributed by atoms with Gasteiger partial charge in [-0.1, -0.05) is 117 Å². The molecule has 0 aromatic carbocycles. The summed E-state index contributed by atoms with van der Waals surface area (Å²) in [6.45, 7) is 10.3. The van der Waals surface area contributed by atoms with Crippen molar-refractivity contribution < 1.29 is 0 Å². The van der Waals surface area contributed by atoms with Gasteiger partial charge >= 0.3 is 0 Å². The summed E-state index contributed by atoms with van der Waals surface area (Å²) in [5.41, 5.74) is 6.26. The molecule has 0 fully saturated rings. The van der Waals surface area contributed by atoms with Crippen LogP contribution in [0.2, 0.25) is 0 Å². The first-order chi connectivity index (χ1) is 12.7. The van der Waals surface area contributed by atoms with Crippen LogP contribution in [0.15, 0.2) is 0 Å². The summed E-state index contributed by atoms with van der Waals surface area (Å²) in [5, 5.41) is 0. The fourth-order valence-corrected chi connectivity index (χ4v) is 3.81. The monoisotopic (exact) mass is 368 g/mol. The molecule has 0 saturated heterocycles. The van der Waals surface area contributed by atoms with Crippen LogP contribution in [0.1, 0.15) is 130 Å². The van der Waals surface area contributed by atoms with E-state index in [0.29, 0.717) is 6.04 Å². The maximum absolute atomic E-state index is 6.26. The number of nitrogens with zero attached hydrogens (tertiary/aromatic N) is 1. The highest BCUT2D eigenvalue weighted by Crippen LogP contribution is 2.14. The van der Waals surface area contributed by atoms with Crippen molar-refractivity contribution >= 4 is 0 Å². The first kappa shape index (κ1) is 25.9. The lowest BCUT2D eigenvalue weighted by Crippen LogP contribution is -2.30. The van der Waals surface area contributed by atoms with Gasteiger partial charge in [0, 0.05) is 6.04 Å². The third-order valence-electron chi connectivity index (χ3n) is 5.89. The molecular formula is C24H52N2. The van der Waals surface area contributed by atoms with Crippen LogP contribution in [0.3, 0.4) is 0 Å². The van der Waals surface area contributed by atoms with Crippen molar-refractivity contribution in [1.82, 2.24) is 4.90 Å². The van der Waals surface area contributed by atoms with E-state index in [1.807, 2.05) is 0 Å². The summed E-state index contributed by atoms with van der Waals surface area (Å²) in [5.74, 6) is 0. The Balaban J connectivity index is 3.17. The number of nitrogens with two attached hydrogens (primary N) is 1. The Morgan fingerprint density at radius 2 is 0.923 bits per heavy atom. The number of hydrogen-bond acceptors (Lipinski definition) is 2. The van der Waals surface area contributed by atoms with Gasteiger partial charge in [-0.15, -0.1) is 0 Å². The molecule has 2 nitrogen and oxygen atoms in total. The molecule has 158 valence electrons. The van der Waals surface area contributed by atoms with Crippen LogP contribution in [0.5, 0.6) is 0 Å². The molecule has 0 aromatic rings. The van der Waals surface area contributed by atoms with Crippen molar-refractivity contribution in [2.75, 3.05) is 19.6 Å². The van der Waals surface area contributed by atoms with Crippen LogP contribution in [0.4, 0.5) is 0 Å². The zero-order valence-corrected chi connectivity index (χ0v) is 18.7. The maximum atomic E-state index is 6.26. The van der Waals surface area contributed by atoms with E-state index in [4.69, 9.17) is 5.73 Å². The van der Waals surface area contributed by atoms with E-state index in [1.165, 1.54) is 116 Å². The maximum Gasteiger partial charge on any atom is 0.00510 e. The molecule has 0 saturated carbocycles. The molecule has 0 bridgehead atoms. The van der Waals surface area contributed by atoms with Gasteiger partial charge in [-0.2, -0.15) is 0 Å². The fourth-order valence-electron chi connectivity index (χ4n) is 3.81. The van der Waals surface area contributed by atoms with Gasteiger partial charge in [-0.05, 0) is 32.5 Å². The Hall–Kier alpha value is -0.0800. The summed E-state index contributed by atoms with van der Waals surface area (Å²) in [6.07, 6.45) is 23.9. The van der Waals surface area contributed by atoms with Crippen LogP contribution in [0, 0.1) is 0 Å². The Labute approximate surface area is 166 Å². The third-order valence-corrected chi connectivity index (χ3v) is 5.89. The quantitative estimate of drug-likeness (QED) is 0.215. The van der Waals surface area contributed by atoms with Crippen molar-refractivity contribution in [2.45, 2.75) is 136 Å². The molecule has 1 atom stereocenters. The summed E-state index contributed by atoms with van der Waals surface area (Å²) < 4.78 is 0. The molecule has 2 heteroatoms. The molecule has 1 unspecified atom stereocenters. The molecule has 0 aliphatic carbocycles. The minimum atomic E-state index is 0.414. The molecular weight excluding hydrogens is 316 g/mol. The Morgan fingerprint density at radius 1 is 0.538 bits per heavy atom. The first-order valence-corrected chi connectivity index (χ1v) is 12.2. The van der Waals surface area contributed by atoms with Gasteiger partial charge in [0.15, 0.2) is 0 Å². The third kappa shape index (κ3) is 18.7. The topological polar surface area (TPSA) is 29.3 Å². The van der Waals surface area contributed by atoms with E-state index in [-0.39, 0.29) is 0 Å². The Kier molecular flexibility index (Phi) is 21.2. The average molecular weight is 369 g/mol. The van der Waals surface area contributed by atoms with Crippen LogP contribution in [-0.2, 0) is 0 Å². The van der Waals surface area contributed by atoms with Crippen molar-refractivity contribution in [3.8, 4) is 0 Å². The van der Waals surface area contributed by atoms with Crippen molar-refractivity contribution in [3.05, 3.63) is 0 Å². The molecule has 26 heavy (non-hydrogen) atoms. The standard InChI is InChI=1S/C24H52N2/c1-4-7-8-9-10-11-12-13-14-15-16-17-18-19-20-21-24(25)22-23-26(5-2)6-3/h24H,4-23,25H2,1-3H3. The SMILES string of the molecule is CCCCCCCCCCCCCCCCCC(N)CCN(CC)CC. The van der Waals surface area contributed by atoms with Gasteiger partial charge in [-0.3, -0.25) is 0 Å². The average Bonchev–Trinajstić information content (AvgIpc) is 2.65. The van der Waals surface area contributed by atoms with E-state index >= 15 is 0 Å². The second-order valence-electron chi connectivity index (χ2n) is 8.31. The molecule has 0 aliphatic heterocycles. The first-order valence-electron chi connectivity index (χ1n) is 12.2. The van der Waals surface area contributed by atoms with Crippen LogP contribution in [-0.4, -0.2) is 30.6 Å². The van der Waals surface area contributed by atoms with Crippen LogP contribution in [0.25, 0.3) is 0 Å². The van der Waals surface area contributed by atoms with Crippen LogP contribution < -0.4 is 5.73 Å². The highest BCUT2D eigenvalue weighted by atomic mass is 15.1. The fraction of sp³-hybridized carbons (Fsp3) is 1.00. The van der Waals surface area contributed by atoms with Crippen molar-refractivity contribution in [3.63, 3.8) is 0 Å². The smallest absolute Gasteiger partial charge is 0.00510 e. The van der Waals surface area contributed by atoms with Gasteiger partial charge in [0.1, 0.15) is 0 Å². The van der Waals surface area contributed by atoms with E-state index in [1.54, 1.807) is 0 Å². The second-order valence-corrected chi connectivity index (χ2v) is 8.31. The second kappa shape index (κ2) is 21.2. The Bertz CT molecular complexity index is 251. The van der Waals surface area contributed by atoms with E-state index in [9.17, 15) is 0 Å². The lowest BCUT2D eigenvalue weighted by atomic mass is 10.0. The molecule has 0 radical (unpaired) electrons. The predicted octanol–water partition coefficient (Wildman–Crippen LogP) is 7.31.